The molecule has 0 aromatic rings. The third-order valence-corrected chi connectivity index (χ3v) is 1.69. The highest BCUT2D eigenvalue weighted by Crippen LogP contribution is 1.97. The van der Waals surface area contributed by atoms with Crippen LogP contribution in [0.5, 0.6) is 0 Å². The SMILES string of the molecule is CCCCCCNC[C](C)C. The van der Waals surface area contributed by atoms with Crippen molar-refractivity contribution in [1.82, 2.24) is 5.32 Å². The van der Waals surface area contributed by atoms with Crippen LogP contribution in [0.1, 0.15) is 46.5 Å². The highest BCUT2D eigenvalue weighted by Gasteiger charge is 1.92. The van der Waals surface area contributed by atoms with Crippen LogP contribution >= 0.6 is 0 Å². The van der Waals surface area contributed by atoms with Gasteiger partial charge in [-0.1, -0.05) is 40.0 Å². The lowest BCUT2D eigenvalue weighted by Crippen LogP contribution is -2.19. The number of nitrogens with one attached hydrogen (secondary N) is 1. The minimum atomic E-state index is 1.09. The molecular formula is C10H22N. The van der Waals surface area contributed by atoms with Gasteiger partial charge in [-0.05, 0) is 18.9 Å². The second kappa shape index (κ2) is 8.06. The van der Waals surface area contributed by atoms with E-state index in [9.17, 15) is 0 Å². The third kappa shape index (κ3) is 9.96. The number of hydrogen-bond acceptors (Lipinski definition) is 1. The first-order valence-corrected chi connectivity index (χ1v) is 4.77. The first kappa shape index (κ1) is 11.0. The summed E-state index contributed by atoms with van der Waals surface area (Å²) in [5, 5.41) is 3.41. The summed E-state index contributed by atoms with van der Waals surface area (Å²) >= 11 is 0. The van der Waals surface area contributed by atoms with Gasteiger partial charge in [-0.15, -0.1) is 0 Å². The largest absolute Gasteiger partial charge is 0.316 e. The molecule has 0 rings (SSSR count). The Balaban J connectivity index is 2.80. The zero-order valence-electron chi connectivity index (χ0n) is 8.24. The van der Waals surface area contributed by atoms with Crippen molar-refractivity contribution in [3.63, 3.8) is 0 Å². The number of unbranched alkanes of at least 4 members (excludes halogenated alkanes) is 3. The van der Waals surface area contributed by atoms with Crippen LogP contribution in [0.4, 0.5) is 0 Å². The summed E-state index contributed by atoms with van der Waals surface area (Å²) in [7, 11) is 0. The van der Waals surface area contributed by atoms with E-state index in [2.05, 4.69) is 26.1 Å². The minimum absolute atomic E-state index is 1.09. The Hall–Kier alpha value is -0.0400. The van der Waals surface area contributed by atoms with Crippen LogP contribution in [0.2, 0.25) is 0 Å². The fourth-order valence-electron chi connectivity index (χ4n) is 1.02. The second-order valence-electron chi connectivity index (χ2n) is 3.44. The fourth-order valence-corrected chi connectivity index (χ4v) is 1.02. The number of rotatable bonds is 7. The normalized spacial score (nSPS) is 10.9. The molecule has 1 radical (unpaired) electrons. The Bertz CT molecular complexity index is 69.3. The van der Waals surface area contributed by atoms with Crippen molar-refractivity contribution in [1.29, 1.82) is 0 Å². The molecule has 0 bridgehead atoms. The number of hydrogen-bond donors (Lipinski definition) is 1. The maximum atomic E-state index is 3.41. The summed E-state index contributed by atoms with van der Waals surface area (Å²) in [4.78, 5) is 0. The fraction of sp³-hybridized carbons (Fsp3) is 0.900. The van der Waals surface area contributed by atoms with E-state index in [0.29, 0.717) is 0 Å². The Morgan fingerprint density at radius 2 is 1.82 bits per heavy atom. The molecule has 1 nitrogen and oxygen atoms in total. The van der Waals surface area contributed by atoms with E-state index in [0.717, 1.165) is 6.54 Å². The topological polar surface area (TPSA) is 12.0 Å². The van der Waals surface area contributed by atoms with E-state index < -0.39 is 0 Å². The summed E-state index contributed by atoms with van der Waals surface area (Å²) in [6, 6.07) is 0. The van der Waals surface area contributed by atoms with Gasteiger partial charge < -0.3 is 5.32 Å². The van der Waals surface area contributed by atoms with Crippen LogP contribution in [0.15, 0.2) is 0 Å². The van der Waals surface area contributed by atoms with Crippen molar-refractivity contribution >= 4 is 0 Å². The zero-order valence-corrected chi connectivity index (χ0v) is 8.24. The van der Waals surface area contributed by atoms with E-state index in [1.807, 2.05) is 0 Å². The molecular weight excluding hydrogens is 134 g/mol. The van der Waals surface area contributed by atoms with Gasteiger partial charge in [0.15, 0.2) is 0 Å². The molecule has 0 aromatic carbocycles. The lowest BCUT2D eigenvalue weighted by molar-refractivity contribution is 0.603. The van der Waals surface area contributed by atoms with Crippen LogP contribution in [-0.4, -0.2) is 13.1 Å². The van der Waals surface area contributed by atoms with Gasteiger partial charge in [0.1, 0.15) is 0 Å². The first-order valence-electron chi connectivity index (χ1n) is 4.77. The maximum Gasteiger partial charge on any atom is 0.000811 e. The Morgan fingerprint density at radius 1 is 1.09 bits per heavy atom. The molecule has 0 heterocycles. The second-order valence-corrected chi connectivity index (χ2v) is 3.44. The van der Waals surface area contributed by atoms with Gasteiger partial charge in [0, 0.05) is 6.54 Å². The molecule has 0 aliphatic carbocycles. The van der Waals surface area contributed by atoms with Crippen LogP contribution in [0, 0.1) is 5.92 Å². The smallest absolute Gasteiger partial charge is 0.000811 e. The van der Waals surface area contributed by atoms with Crippen LogP contribution < -0.4 is 5.32 Å². The molecule has 0 spiro atoms. The summed E-state index contributed by atoms with van der Waals surface area (Å²) in [5.74, 6) is 1.47. The standard InChI is InChI=1S/C10H22N/c1-4-5-6-7-8-11-9-10(2)3/h11H,4-9H2,1-3H3. The summed E-state index contributed by atoms with van der Waals surface area (Å²) in [6.07, 6.45) is 5.43. The van der Waals surface area contributed by atoms with Crippen LogP contribution in [-0.2, 0) is 0 Å². The predicted molar refractivity (Wildman–Crippen MR) is 51.6 cm³/mol. The molecule has 0 atom stereocenters. The Morgan fingerprint density at radius 3 is 2.36 bits per heavy atom. The average Bonchev–Trinajstić information content (AvgIpc) is 1.96. The van der Waals surface area contributed by atoms with Crippen LogP contribution in [0.3, 0.4) is 0 Å². The van der Waals surface area contributed by atoms with Gasteiger partial charge >= 0.3 is 0 Å². The molecule has 1 N–H and O–H groups in total. The van der Waals surface area contributed by atoms with E-state index in [4.69, 9.17) is 0 Å². The first-order chi connectivity index (χ1) is 5.27. The van der Waals surface area contributed by atoms with Crippen molar-refractivity contribution < 1.29 is 0 Å². The van der Waals surface area contributed by atoms with Gasteiger partial charge in [-0.3, -0.25) is 0 Å². The van der Waals surface area contributed by atoms with Gasteiger partial charge in [-0.25, -0.2) is 0 Å². The molecule has 0 aliphatic rings. The van der Waals surface area contributed by atoms with E-state index in [1.54, 1.807) is 0 Å². The van der Waals surface area contributed by atoms with E-state index in [1.165, 1.54) is 38.1 Å². The lowest BCUT2D eigenvalue weighted by Gasteiger charge is -2.05. The molecule has 0 saturated heterocycles. The highest BCUT2D eigenvalue weighted by molar-refractivity contribution is 4.79. The maximum absolute atomic E-state index is 3.41. The van der Waals surface area contributed by atoms with E-state index in [-0.39, 0.29) is 0 Å². The van der Waals surface area contributed by atoms with Gasteiger partial charge in [0.2, 0.25) is 0 Å². The molecule has 11 heavy (non-hydrogen) atoms. The molecule has 0 fully saturated rings. The lowest BCUT2D eigenvalue weighted by atomic mass is 10.2. The molecule has 1 heteroatoms. The molecule has 67 valence electrons. The van der Waals surface area contributed by atoms with Gasteiger partial charge in [0.05, 0.1) is 0 Å². The Labute approximate surface area is 71.6 Å². The molecule has 0 aliphatic heterocycles. The Kier molecular flexibility index (Phi) is 8.03. The van der Waals surface area contributed by atoms with Gasteiger partial charge in [-0.2, -0.15) is 0 Å². The molecule has 0 amide bonds. The third-order valence-electron chi connectivity index (χ3n) is 1.69. The molecule has 0 unspecified atom stereocenters. The average molecular weight is 156 g/mol. The van der Waals surface area contributed by atoms with E-state index >= 15 is 0 Å². The van der Waals surface area contributed by atoms with Crippen molar-refractivity contribution in [2.75, 3.05) is 13.1 Å². The van der Waals surface area contributed by atoms with Crippen molar-refractivity contribution in [2.45, 2.75) is 46.5 Å². The predicted octanol–water partition coefficient (Wildman–Crippen LogP) is 2.77. The highest BCUT2D eigenvalue weighted by atomic mass is 14.8. The molecule has 0 saturated carbocycles. The summed E-state index contributed by atoms with van der Waals surface area (Å²) in [5.41, 5.74) is 0. The minimum Gasteiger partial charge on any atom is -0.316 e. The van der Waals surface area contributed by atoms with Crippen molar-refractivity contribution in [3.8, 4) is 0 Å². The summed E-state index contributed by atoms with van der Waals surface area (Å²) in [6.45, 7) is 8.85. The quantitative estimate of drug-likeness (QED) is 0.559. The van der Waals surface area contributed by atoms with Crippen LogP contribution in [0.25, 0.3) is 0 Å². The van der Waals surface area contributed by atoms with Gasteiger partial charge in [0.25, 0.3) is 0 Å². The van der Waals surface area contributed by atoms with Crippen molar-refractivity contribution in [2.24, 2.45) is 0 Å². The molecule has 0 aromatic heterocycles. The summed E-state index contributed by atoms with van der Waals surface area (Å²) < 4.78 is 0. The van der Waals surface area contributed by atoms with Crippen molar-refractivity contribution in [3.05, 3.63) is 5.92 Å². The monoisotopic (exact) mass is 156 g/mol. The zero-order chi connectivity index (χ0) is 8.53.